The molecule has 0 aliphatic carbocycles. The zero-order valence-corrected chi connectivity index (χ0v) is 15.5. The predicted molar refractivity (Wildman–Crippen MR) is 94.6 cm³/mol. The van der Waals surface area contributed by atoms with E-state index in [2.05, 4.69) is 27.2 Å². The van der Waals surface area contributed by atoms with E-state index in [4.69, 9.17) is 20.4 Å². The molecule has 0 aromatic rings. The Morgan fingerprint density at radius 1 is 0.600 bits per heavy atom. The fraction of sp³-hybridized carbons (Fsp3) is 1.00. The topological polar surface area (TPSA) is 80.9 Å². The van der Waals surface area contributed by atoms with Crippen molar-refractivity contribution in [2.75, 3.05) is 76.7 Å². The van der Waals surface area contributed by atoms with E-state index in [0.29, 0.717) is 0 Å². The lowest BCUT2D eigenvalue weighted by Gasteiger charge is -2.22. The summed E-state index contributed by atoms with van der Waals surface area (Å²) < 4.78 is 0. The van der Waals surface area contributed by atoms with Crippen molar-refractivity contribution in [3.8, 4) is 0 Å². The number of hydrogen-bond acceptors (Lipinski definition) is 4. The average Bonchev–Trinajstić information content (AvgIpc) is 2.39. The van der Waals surface area contributed by atoms with E-state index < -0.39 is 14.5 Å². The van der Waals surface area contributed by atoms with Crippen molar-refractivity contribution in [1.29, 1.82) is 0 Å². The van der Waals surface area contributed by atoms with Crippen LogP contribution >= 0.6 is 14.5 Å². The van der Waals surface area contributed by atoms with Crippen molar-refractivity contribution in [1.82, 2.24) is 0 Å². The molecule has 4 N–H and O–H groups in total. The first kappa shape index (κ1) is 23.0. The second kappa shape index (κ2) is 13.4. The minimum atomic E-state index is -0.958. The van der Waals surface area contributed by atoms with Crippen LogP contribution in [0.2, 0.25) is 0 Å². The maximum absolute atomic E-state index is 8.84. The standard InChI is InChI=1S/C8H20O2P.C6H16O2P/c1-3-11(4-2,7-5-9)8-6-10;1-9(2,5-3-7)6-4-8/h9-10H,3-8H2,1-2H3;7-8H,3-6H2,1-2H3/q2*+1. The molecule has 0 aliphatic heterocycles. The van der Waals surface area contributed by atoms with E-state index in [-0.39, 0.29) is 26.4 Å². The first-order valence-corrected chi connectivity index (χ1v) is 13.1. The molecule has 0 atom stereocenters. The number of rotatable bonds is 10. The monoisotopic (exact) mass is 330 g/mol. The summed E-state index contributed by atoms with van der Waals surface area (Å²) in [5, 5.41) is 34.8. The minimum Gasteiger partial charge on any atom is -0.393 e. The number of aliphatic hydroxyl groups excluding tert-OH is 4. The highest BCUT2D eigenvalue weighted by Gasteiger charge is 2.31. The molecule has 6 heteroatoms. The first-order chi connectivity index (χ1) is 9.36. The van der Waals surface area contributed by atoms with E-state index in [1.165, 1.54) is 0 Å². The summed E-state index contributed by atoms with van der Waals surface area (Å²) in [5.41, 5.74) is 0. The van der Waals surface area contributed by atoms with Gasteiger partial charge < -0.3 is 20.4 Å². The summed E-state index contributed by atoms with van der Waals surface area (Å²) >= 11 is 0. The fourth-order valence-corrected chi connectivity index (χ4v) is 6.14. The predicted octanol–water partition coefficient (Wildman–Crippen LogP) is 1.28. The molecule has 0 aromatic carbocycles. The van der Waals surface area contributed by atoms with Gasteiger partial charge in [0.2, 0.25) is 0 Å². The van der Waals surface area contributed by atoms with Crippen molar-refractivity contribution in [2.45, 2.75) is 13.8 Å². The van der Waals surface area contributed by atoms with Gasteiger partial charge in [-0.05, 0) is 13.8 Å². The van der Waals surface area contributed by atoms with Gasteiger partial charge in [0.15, 0.2) is 0 Å². The van der Waals surface area contributed by atoms with E-state index in [1.54, 1.807) is 0 Å². The van der Waals surface area contributed by atoms with Gasteiger partial charge in [0.25, 0.3) is 0 Å². The van der Waals surface area contributed by atoms with Gasteiger partial charge in [0, 0.05) is 27.9 Å². The van der Waals surface area contributed by atoms with Crippen molar-refractivity contribution in [3.63, 3.8) is 0 Å². The molecule has 0 heterocycles. The van der Waals surface area contributed by atoms with Gasteiger partial charge in [0.1, 0.15) is 0 Å². The summed E-state index contributed by atoms with van der Waals surface area (Å²) in [6.45, 7) is 9.75. The van der Waals surface area contributed by atoms with Crippen LogP contribution in [0.25, 0.3) is 0 Å². The van der Waals surface area contributed by atoms with Crippen LogP contribution in [0.4, 0.5) is 0 Å². The molecule has 0 aliphatic rings. The number of hydrogen-bond donors (Lipinski definition) is 4. The van der Waals surface area contributed by atoms with E-state index >= 15 is 0 Å². The van der Waals surface area contributed by atoms with Crippen LogP contribution in [0, 0.1) is 0 Å². The summed E-state index contributed by atoms with van der Waals surface area (Å²) in [6, 6.07) is 0. The van der Waals surface area contributed by atoms with E-state index in [1.807, 2.05) is 0 Å². The third kappa shape index (κ3) is 11.4. The first-order valence-electron chi connectivity index (χ1n) is 7.47. The van der Waals surface area contributed by atoms with Gasteiger partial charge in [-0.1, -0.05) is 0 Å². The van der Waals surface area contributed by atoms with Crippen LogP contribution in [0.5, 0.6) is 0 Å². The molecular weight excluding hydrogens is 294 g/mol. The van der Waals surface area contributed by atoms with Crippen LogP contribution < -0.4 is 0 Å². The summed E-state index contributed by atoms with van der Waals surface area (Å²) in [5.74, 6) is 0. The molecule has 4 nitrogen and oxygen atoms in total. The largest absolute Gasteiger partial charge is 0.393 e. The molecule has 0 fully saturated rings. The van der Waals surface area contributed by atoms with Gasteiger partial charge in [-0.25, -0.2) is 0 Å². The van der Waals surface area contributed by atoms with Crippen molar-refractivity contribution < 1.29 is 20.4 Å². The Morgan fingerprint density at radius 3 is 1.10 bits per heavy atom. The zero-order chi connectivity index (χ0) is 16.1. The molecule has 0 aromatic heterocycles. The quantitative estimate of drug-likeness (QED) is 0.455. The lowest BCUT2D eigenvalue weighted by Crippen LogP contribution is -2.13. The maximum atomic E-state index is 8.84. The summed E-state index contributed by atoms with van der Waals surface area (Å²) in [6.07, 6.45) is 5.94. The normalized spacial score (nSPS) is 12.0. The molecule has 0 bridgehead atoms. The minimum absolute atomic E-state index is 0.265. The summed E-state index contributed by atoms with van der Waals surface area (Å²) in [4.78, 5) is 0. The molecule has 0 saturated heterocycles. The maximum Gasteiger partial charge on any atom is 0.0826 e. The van der Waals surface area contributed by atoms with Crippen molar-refractivity contribution >= 4 is 14.5 Å². The SMILES string of the molecule is CC[P+](CC)(CCO)CCO.C[P+](C)(CCO)CCO. The average molecular weight is 330 g/mol. The van der Waals surface area contributed by atoms with Crippen LogP contribution in [-0.4, -0.2) is 97.2 Å². The molecule has 0 rings (SSSR count). The van der Waals surface area contributed by atoms with Crippen molar-refractivity contribution in [2.24, 2.45) is 0 Å². The molecule has 0 saturated carbocycles. The molecule has 0 amide bonds. The van der Waals surface area contributed by atoms with Gasteiger partial charge in [-0.2, -0.15) is 0 Å². The van der Waals surface area contributed by atoms with E-state index in [0.717, 1.165) is 37.0 Å². The van der Waals surface area contributed by atoms with E-state index in [9.17, 15) is 0 Å². The van der Waals surface area contributed by atoms with Gasteiger partial charge in [0.05, 0.1) is 63.4 Å². The second-order valence-corrected chi connectivity index (χ2v) is 15.3. The smallest absolute Gasteiger partial charge is 0.0826 e. The Balaban J connectivity index is 0. The van der Waals surface area contributed by atoms with Crippen LogP contribution in [0.15, 0.2) is 0 Å². The Hall–Kier alpha value is 0.700. The lowest BCUT2D eigenvalue weighted by molar-refractivity contribution is 0.314. The highest BCUT2D eigenvalue weighted by atomic mass is 31.2. The Labute approximate surface area is 126 Å². The third-order valence-electron chi connectivity index (χ3n) is 3.90. The zero-order valence-electron chi connectivity index (χ0n) is 13.8. The van der Waals surface area contributed by atoms with Gasteiger partial charge >= 0.3 is 0 Å². The Bertz CT molecular complexity index is 193. The molecule has 124 valence electrons. The Kier molecular flexibility index (Phi) is 15.4. The Morgan fingerprint density at radius 2 is 0.900 bits per heavy atom. The molecule has 0 radical (unpaired) electrons. The third-order valence-corrected chi connectivity index (χ3v) is 11.7. The van der Waals surface area contributed by atoms with Crippen LogP contribution in [0.3, 0.4) is 0 Å². The van der Waals surface area contributed by atoms with Gasteiger partial charge in [-0.3, -0.25) is 0 Å². The highest BCUT2D eigenvalue weighted by molar-refractivity contribution is 7.75. The summed E-state index contributed by atoms with van der Waals surface area (Å²) in [7, 11) is -1.90. The van der Waals surface area contributed by atoms with Crippen LogP contribution in [0.1, 0.15) is 13.8 Å². The van der Waals surface area contributed by atoms with Crippen molar-refractivity contribution in [3.05, 3.63) is 0 Å². The second-order valence-electron chi connectivity index (χ2n) is 5.70. The molecule has 20 heavy (non-hydrogen) atoms. The van der Waals surface area contributed by atoms with Gasteiger partial charge in [-0.15, -0.1) is 0 Å². The highest BCUT2D eigenvalue weighted by Crippen LogP contribution is 2.57. The lowest BCUT2D eigenvalue weighted by atomic mass is 10.8. The molecular formula is C14H36O4P2+2. The molecule has 0 unspecified atom stereocenters. The molecule has 0 spiro atoms. The number of aliphatic hydroxyl groups is 4. The van der Waals surface area contributed by atoms with Crippen LogP contribution in [-0.2, 0) is 0 Å². The fourth-order valence-electron chi connectivity index (χ4n) is 2.05.